The molecule has 1 amide bonds. The summed E-state index contributed by atoms with van der Waals surface area (Å²) >= 11 is 5.91. The van der Waals surface area contributed by atoms with Gasteiger partial charge in [0.2, 0.25) is 5.91 Å². The second-order valence-electron chi connectivity index (χ2n) is 5.42. The van der Waals surface area contributed by atoms with Gasteiger partial charge in [-0.1, -0.05) is 25.4 Å². The Morgan fingerprint density at radius 1 is 1.37 bits per heavy atom. The number of carbonyl (C=O) groups excluding carboxylic acids is 1. The molecule has 4 heteroatoms. The minimum atomic E-state index is 0.0471. The Morgan fingerprint density at radius 3 is 2.68 bits per heavy atom. The van der Waals surface area contributed by atoms with Crippen LogP contribution in [0.2, 0.25) is 5.02 Å². The Labute approximate surface area is 119 Å². The molecule has 1 heterocycles. The smallest absolute Gasteiger partial charge is 0.222 e. The van der Waals surface area contributed by atoms with Crippen LogP contribution in [0.4, 0.5) is 5.69 Å². The number of piperidine rings is 1. The maximum atomic E-state index is 11.8. The second kappa shape index (κ2) is 6.29. The fourth-order valence-corrected chi connectivity index (χ4v) is 2.48. The van der Waals surface area contributed by atoms with E-state index >= 15 is 0 Å². The van der Waals surface area contributed by atoms with Crippen molar-refractivity contribution >= 4 is 23.2 Å². The molecule has 1 atom stereocenters. The molecule has 0 bridgehead atoms. The predicted molar refractivity (Wildman–Crippen MR) is 79.7 cm³/mol. The van der Waals surface area contributed by atoms with Crippen molar-refractivity contribution in [1.29, 1.82) is 0 Å². The highest BCUT2D eigenvalue weighted by Crippen LogP contribution is 2.22. The molecule has 19 heavy (non-hydrogen) atoms. The SMILES string of the molecule is CC(C)C(=O)NC1CCCN(c2ccc(Cl)cc2)C1. The lowest BCUT2D eigenvalue weighted by Gasteiger charge is -2.35. The van der Waals surface area contributed by atoms with Crippen molar-refractivity contribution < 1.29 is 4.79 Å². The number of nitrogens with zero attached hydrogens (tertiary/aromatic N) is 1. The first kappa shape index (κ1) is 14.2. The lowest BCUT2D eigenvalue weighted by Crippen LogP contribution is -2.48. The molecule has 0 aromatic heterocycles. The Bertz CT molecular complexity index is 430. The third kappa shape index (κ3) is 3.87. The number of hydrogen-bond donors (Lipinski definition) is 1. The van der Waals surface area contributed by atoms with E-state index in [0.29, 0.717) is 0 Å². The van der Waals surface area contributed by atoms with E-state index in [9.17, 15) is 4.79 Å². The summed E-state index contributed by atoms with van der Waals surface area (Å²) in [6.07, 6.45) is 2.16. The van der Waals surface area contributed by atoms with Gasteiger partial charge in [0.15, 0.2) is 0 Å². The van der Waals surface area contributed by atoms with Gasteiger partial charge < -0.3 is 10.2 Å². The molecule has 1 fully saturated rings. The second-order valence-corrected chi connectivity index (χ2v) is 5.86. The largest absolute Gasteiger partial charge is 0.369 e. The van der Waals surface area contributed by atoms with Gasteiger partial charge in [-0.3, -0.25) is 4.79 Å². The van der Waals surface area contributed by atoms with Crippen molar-refractivity contribution in [3.63, 3.8) is 0 Å². The minimum absolute atomic E-state index is 0.0471. The van der Waals surface area contributed by atoms with Crippen molar-refractivity contribution in [2.45, 2.75) is 32.7 Å². The van der Waals surface area contributed by atoms with Crippen molar-refractivity contribution in [3.8, 4) is 0 Å². The first-order valence-electron chi connectivity index (χ1n) is 6.87. The summed E-state index contributed by atoms with van der Waals surface area (Å²) in [6, 6.07) is 8.14. The molecule has 1 aromatic rings. The fraction of sp³-hybridized carbons (Fsp3) is 0.533. The van der Waals surface area contributed by atoms with Crippen LogP contribution in [0.15, 0.2) is 24.3 Å². The third-order valence-corrected chi connectivity index (χ3v) is 3.74. The van der Waals surface area contributed by atoms with Crippen LogP contribution in [0, 0.1) is 5.92 Å². The van der Waals surface area contributed by atoms with Crippen molar-refractivity contribution in [2.75, 3.05) is 18.0 Å². The topological polar surface area (TPSA) is 32.3 Å². The number of rotatable bonds is 3. The molecule has 1 saturated heterocycles. The van der Waals surface area contributed by atoms with Gasteiger partial charge in [-0.15, -0.1) is 0 Å². The highest BCUT2D eigenvalue weighted by atomic mass is 35.5. The summed E-state index contributed by atoms with van der Waals surface area (Å²) in [5.74, 6) is 0.189. The zero-order chi connectivity index (χ0) is 13.8. The molecule has 104 valence electrons. The Kier molecular flexibility index (Phi) is 4.70. The Morgan fingerprint density at radius 2 is 2.05 bits per heavy atom. The third-order valence-electron chi connectivity index (χ3n) is 3.48. The zero-order valence-electron chi connectivity index (χ0n) is 11.5. The molecule has 0 radical (unpaired) electrons. The molecule has 3 nitrogen and oxygen atoms in total. The van der Waals surface area contributed by atoms with Gasteiger partial charge in [-0.2, -0.15) is 0 Å². The average Bonchev–Trinajstić information content (AvgIpc) is 2.39. The van der Waals surface area contributed by atoms with Crippen LogP contribution in [-0.4, -0.2) is 25.0 Å². The molecule has 1 aliphatic heterocycles. The monoisotopic (exact) mass is 280 g/mol. The summed E-state index contributed by atoms with van der Waals surface area (Å²) < 4.78 is 0. The number of anilines is 1. The summed E-state index contributed by atoms with van der Waals surface area (Å²) in [6.45, 7) is 5.76. The molecule has 1 N–H and O–H groups in total. The van der Waals surface area contributed by atoms with E-state index in [1.807, 2.05) is 38.1 Å². The van der Waals surface area contributed by atoms with Gasteiger partial charge in [-0.25, -0.2) is 0 Å². The maximum Gasteiger partial charge on any atom is 0.222 e. The van der Waals surface area contributed by atoms with E-state index in [2.05, 4.69) is 10.2 Å². The number of benzene rings is 1. The van der Waals surface area contributed by atoms with Gasteiger partial charge in [0.05, 0.1) is 0 Å². The van der Waals surface area contributed by atoms with Crippen LogP contribution in [0.1, 0.15) is 26.7 Å². The van der Waals surface area contributed by atoms with Crippen LogP contribution in [0.25, 0.3) is 0 Å². The summed E-state index contributed by atoms with van der Waals surface area (Å²) in [5, 5.41) is 3.88. The van der Waals surface area contributed by atoms with Gasteiger partial charge in [0, 0.05) is 35.8 Å². The highest BCUT2D eigenvalue weighted by Gasteiger charge is 2.22. The normalized spacial score (nSPS) is 19.6. The standard InChI is InChI=1S/C15H21ClN2O/c1-11(2)15(19)17-13-4-3-9-18(10-13)14-7-5-12(16)6-8-14/h5-8,11,13H,3-4,9-10H2,1-2H3,(H,17,19). The van der Waals surface area contributed by atoms with Crippen LogP contribution in [0.3, 0.4) is 0 Å². The van der Waals surface area contributed by atoms with Gasteiger partial charge in [-0.05, 0) is 37.1 Å². The lowest BCUT2D eigenvalue weighted by atomic mass is 10.0. The van der Waals surface area contributed by atoms with Crippen LogP contribution >= 0.6 is 11.6 Å². The van der Waals surface area contributed by atoms with Crippen LogP contribution < -0.4 is 10.2 Å². The number of halogens is 1. The number of amides is 1. The zero-order valence-corrected chi connectivity index (χ0v) is 12.3. The van der Waals surface area contributed by atoms with Crippen molar-refractivity contribution in [2.24, 2.45) is 5.92 Å². The first-order valence-corrected chi connectivity index (χ1v) is 7.25. The molecular weight excluding hydrogens is 260 g/mol. The van der Waals surface area contributed by atoms with E-state index < -0.39 is 0 Å². The predicted octanol–water partition coefficient (Wildman–Crippen LogP) is 3.08. The van der Waals surface area contributed by atoms with E-state index in [-0.39, 0.29) is 17.9 Å². The molecular formula is C15H21ClN2O. The van der Waals surface area contributed by atoms with Gasteiger partial charge in [0.1, 0.15) is 0 Å². The summed E-state index contributed by atoms with van der Waals surface area (Å²) in [4.78, 5) is 14.1. The summed E-state index contributed by atoms with van der Waals surface area (Å²) in [7, 11) is 0. The van der Waals surface area contributed by atoms with Crippen LogP contribution in [0.5, 0.6) is 0 Å². The Hall–Kier alpha value is -1.22. The molecule has 1 aromatic carbocycles. The van der Waals surface area contributed by atoms with E-state index in [0.717, 1.165) is 31.0 Å². The van der Waals surface area contributed by atoms with E-state index in [1.165, 1.54) is 5.69 Å². The number of hydrogen-bond acceptors (Lipinski definition) is 2. The molecule has 0 saturated carbocycles. The van der Waals surface area contributed by atoms with Gasteiger partial charge in [0.25, 0.3) is 0 Å². The van der Waals surface area contributed by atoms with Gasteiger partial charge >= 0.3 is 0 Å². The molecule has 0 spiro atoms. The van der Waals surface area contributed by atoms with Crippen LogP contribution in [-0.2, 0) is 4.79 Å². The minimum Gasteiger partial charge on any atom is -0.369 e. The maximum absolute atomic E-state index is 11.8. The fourth-order valence-electron chi connectivity index (χ4n) is 2.35. The molecule has 1 aliphatic rings. The van der Waals surface area contributed by atoms with E-state index in [4.69, 9.17) is 11.6 Å². The number of carbonyl (C=O) groups is 1. The highest BCUT2D eigenvalue weighted by molar-refractivity contribution is 6.30. The molecule has 0 aliphatic carbocycles. The molecule has 2 rings (SSSR count). The summed E-state index contributed by atoms with van der Waals surface area (Å²) in [5.41, 5.74) is 1.17. The van der Waals surface area contributed by atoms with Crippen molar-refractivity contribution in [3.05, 3.63) is 29.3 Å². The quantitative estimate of drug-likeness (QED) is 0.923. The number of nitrogens with one attached hydrogen (secondary N) is 1. The van der Waals surface area contributed by atoms with E-state index in [1.54, 1.807) is 0 Å². The lowest BCUT2D eigenvalue weighted by molar-refractivity contribution is -0.124. The molecule has 1 unspecified atom stereocenters. The van der Waals surface area contributed by atoms with Crippen molar-refractivity contribution in [1.82, 2.24) is 5.32 Å². The Balaban J connectivity index is 1.97. The average molecular weight is 281 g/mol. The first-order chi connectivity index (χ1) is 9.06.